The monoisotopic (exact) mass is 364 g/mol. The summed E-state index contributed by atoms with van der Waals surface area (Å²) in [6, 6.07) is 6.84. The fourth-order valence-corrected chi connectivity index (χ4v) is 3.30. The molecule has 0 aliphatic carbocycles. The third-order valence-electron chi connectivity index (χ3n) is 3.27. The van der Waals surface area contributed by atoms with Crippen LogP contribution in [0.25, 0.3) is 0 Å². The minimum Gasteiger partial charge on any atom is -0.365 e. The molecule has 94 valence electrons. The van der Waals surface area contributed by atoms with Crippen molar-refractivity contribution in [3.05, 3.63) is 26.8 Å². The number of anilines is 1. The van der Waals surface area contributed by atoms with Gasteiger partial charge in [-0.05, 0) is 46.7 Å². The van der Waals surface area contributed by atoms with E-state index < -0.39 is 0 Å². The number of benzene rings is 1. The highest BCUT2D eigenvalue weighted by Gasteiger charge is 2.26. The molecule has 0 saturated carbocycles. The predicted molar refractivity (Wildman–Crippen MR) is 83.0 cm³/mol. The van der Waals surface area contributed by atoms with Crippen LogP contribution >= 0.6 is 34.2 Å². The number of hydrogen-bond donors (Lipinski definition) is 1. The van der Waals surface area contributed by atoms with E-state index in [0.717, 1.165) is 24.7 Å². The fraction of sp³-hybridized carbons (Fsp3) is 0.538. The molecule has 17 heavy (non-hydrogen) atoms. The van der Waals surface area contributed by atoms with Crippen molar-refractivity contribution >= 4 is 39.9 Å². The summed E-state index contributed by atoms with van der Waals surface area (Å²) < 4.78 is 1.19. The minimum atomic E-state index is 0.529. The number of nitrogens with one attached hydrogen (secondary N) is 1. The van der Waals surface area contributed by atoms with E-state index in [-0.39, 0.29) is 0 Å². The molecule has 1 aliphatic rings. The molecule has 1 aromatic carbocycles. The molecular formula is C13H18ClIN2. The van der Waals surface area contributed by atoms with Crippen molar-refractivity contribution in [2.24, 2.45) is 5.92 Å². The average Bonchev–Trinajstić information content (AvgIpc) is 2.29. The molecular weight excluding hydrogens is 347 g/mol. The van der Waals surface area contributed by atoms with Crippen molar-refractivity contribution in [1.82, 2.24) is 5.32 Å². The number of nitrogens with zero attached hydrogens (tertiary/aromatic N) is 1. The number of hydrogen-bond acceptors (Lipinski definition) is 2. The molecule has 0 radical (unpaired) electrons. The van der Waals surface area contributed by atoms with E-state index in [2.05, 4.69) is 58.8 Å². The smallest absolute Gasteiger partial charge is 0.0650 e. The van der Waals surface area contributed by atoms with Crippen LogP contribution in [0.5, 0.6) is 0 Å². The Morgan fingerprint density at radius 2 is 2.24 bits per heavy atom. The standard InChI is InChI=1S/C13H18ClIN2/c1-9(2)13-8-16-5-6-17(13)12-4-3-10(15)7-11(12)14/h3-4,7,9,13,16H,5-6,8H2,1-2H3. The summed E-state index contributed by atoms with van der Waals surface area (Å²) in [6.07, 6.45) is 0. The Morgan fingerprint density at radius 3 is 2.88 bits per heavy atom. The molecule has 0 bridgehead atoms. The molecule has 1 aliphatic heterocycles. The second kappa shape index (κ2) is 5.76. The molecule has 0 amide bonds. The Balaban J connectivity index is 2.29. The summed E-state index contributed by atoms with van der Waals surface area (Å²) in [5, 5.41) is 4.33. The Bertz CT molecular complexity index is 395. The van der Waals surface area contributed by atoms with Gasteiger partial charge in [-0.25, -0.2) is 0 Å². The number of piperazine rings is 1. The Labute approximate surface area is 122 Å². The van der Waals surface area contributed by atoms with Crippen LogP contribution in [0.2, 0.25) is 5.02 Å². The molecule has 1 unspecified atom stereocenters. The summed E-state index contributed by atoms with van der Waals surface area (Å²) in [4.78, 5) is 2.44. The third kappa shape index (κ3) is 3.06. The van der Waals surface area contributed by atoms with Crippen LogP contribution in [0.15, 0.2) is 18.2 Å². The van der Waals surface area contributed by atoms with Crippen molar-refractivity contribution < 1.29 is 0 Å². The lowest BCUT2D eigenvalue weighted by Crippen LogP contribution is -2.53. The van der Waals surface area contributed by atoms with Crippen LogP contribution in [-0.2, 0) is 0 Å². The van der Waals surface area contributed by atoms with Crippen LogP contribution in [0.3, 0.4) is 0 Å². The van der Waals surface area contributed by atoms with E-state index in [9.17, 15) is 0 Å². The normalized spacial score (nSPS) is 21.0. The van der Waals surface area contributed by atoms with E-state index in [1.807, 2.05) is 6.07 Å². The lowest BCUT2D eigenvalue weighted by Gasteiger charge is -2.40. The van der Waals surface area contributed by atoms with Crippen molar-refractivity contribution in [3.8, 4) is 0 Å². The van der Waals surface area contributed by atoms with Gasteiger partial charge in [0.25, 0.3) is 0 Å². The molecule has 1 heterocycles. The quantitative estimate of drug-likeness (QED) is 0.809. The van der Waals surface area contributed by atoms with Crippen LogP contribution in [-0.4, -0.2) is 25.7 Å². The van der Waals surface area contributed by atoms with Crippen LogP contribution in [0.4, 0.5) is 5.69 Å². The zero-order valence-corrected chi connectivity index (χ0v) is 13.1. The Morgan fingerprint density at radius 1 is 1.47 bits per heavy atom. The van der Waals surface area contributed by atoms with Gasteiger partial charge in [0.15, 0.2) is 0 Å². The highest BCUT2D eigenvalue weighted by molar-refractivity contribution is 14.1. The zero-order valence-electron chi connectivity index (χ0n) is 10.2. The SMILES string of the molecule is CC(C)C1CNCCN1c1ccc(I)cc1Cl. The highest BCUT2D eigenvalue weighted by Crippen LogP contribution is 2.31. The van der Waals surface area contributed by atoms with Gasteiger partial charge in [0.05, 0.1) is 10.7 Å². The number of halogens is 2. The average molecular weight is 365 g/mol. The molecule has 1 fully saturated rings. The predicted octanol–water partition coefficient (Wildman–Crippen LogP) is 3.38. The summed E-state index contributed by atoms with van der Waals surface area (Å²) >= 11 is 8.66. The van der Waals surface area contributed by atoms with Crippen LogP contribution in [0.1, 0.15) is 13.8 Å². The molecule has 4 heteroatoms. The van der Waals surface area contributed by atoms with E-state index in [4.69, 9.17) is 11.6 Å². The summed E-state index contributed by atoms with van der Waals surface area (Å²) in [7, 11) is 0. The van der Waals surface area contributed by atoms with E-state index >= 15 is 0 Å². The second-order valence-corrected chi connectivity index (χ2v) is 6.46. The van der Waals surface area contributed by atoms with Gasteiger partial charge >= 0.3 is 0 Å². The first kappa shape index (κ1) is 13.4. The second-order valence-electron chi connectivity index (χ2n) is 4.80. The molecule has 1 atom stereocenters. The summed E-state index contributed by atoms with van der Waals surface area (Å²) in [6.45, 7) is 7.64. The van der Waals surface area contributed by atoms with Crippen molar-refractivity contribution in [1.29, 1.82) is 0 Å². The maximum absolute atomic E-state index is 6.37. The molecule has 2 rings (SSSR count). The summed E-state index contributed by atoms with van der Waals surface area (Å²) in [5.74, 6) is 0.623. The van der Waals surface area contributed by atoms with Crippen LogP contribution in [0, 0.1) is 9.49 Å². The van der Waals surface area contributed by atoms with Gasteiger partial charge in [0.1, 0.15) is 0 Å². The van der Waals surface area contributed by atoms with Crippen LogP contribution < -0.4 is 10.2 Å². The molecule has 1 N–H and O–H groups in total. The topological polar surface area (TPSA) is 15.3 Å². The highest BCUT2D eigenvalue weighted by atomic mass is 127. The van der Waals surface area contributed by atoms with Crippen molar-refractivity contribution in [2.45, 2.75) is 19.9 Å². The van der Waals surface area contributed by atoms with Gasteiger partial charge in [0, 0.05) is 29.2 Å². The third-order valence-corrected chi connectivity index (χ3v) is 4.25. The van der Waals surface area contributed by atoms with Crippen molar-refractivity contribution in [3.63, 3.8) is 0 Å². The lowest BCUT2D eigenvalue weighted by atomic mass is 10.00. The lowest BCUT2D eigenvalue weighted by molar-refractivity contribution is 0.390. The maximum atomic E-state index is 6.37. The van der Waals surface area contributed by atoms with Gasteiger partial charge in [-0.2, -0.15) is 0 Å². The molecule has 2 nitrogen and oxygen atoms in total. The first-order valence-electron chi connectivity index (χ1n) is 6.02. The van der Waals surface area contributed by atoms with Crippen molar-refractivity contribution in [2.75, 3.05) is 24.5 Å². The Hall–Kier alpha value is -0.0000000000000000555. The molecule has 0 spiro atoms. The minimum absolute atomic E-state index is 0.529. The molecule has 0 aromatic heterocycles. The largest absolute Gasteiger partial charge is 0.365 e. The Kier molecular flexibility index (Phi) is 4.55. The van der Waals surface area contributed by atoms with E-state index in [1.165, 1.54) is 9.26 Å². The van der Waals surface area contributed by atoms with Gasteiger partial charge in [-0.1, -0.05) is 25.4 Å². The van der Waals surface area contributed by atoms with Gasteiger partial charge < -0.3 is 10.2 Å². The molecule has 1 saturated heterocycles. The van der Waals surface area contributed by atoms with Gasteiger partial charge in [-0.15, -0.1) is 0 Å². The molecule has 1 aromatic rings. The zero-order chi connectivity index (χ0) is 12.4. The maximum Gasteiger partial charge on any atom is 0.0650 e. The first-order valence-corrected chi connectivity index (χ1v) is 7.47. The van der Waals surface area contributed by atoms with E-state index in [0.29, 0.717) is 12.0 Å². The number of rotatable bonds is 2. The van der Waals surface area contributed by atoms with E-state index in [1.54, 1.807) is 0 Å². The fourth-order valence-electron chi connectivity index (χ4n) is 2.33. The summed E-state index contributed by atoms with van der Waals surface area (Å²) in [5.41, 5.74) is 1.17. The van der Waals surface area contributed by atoms with Gasteiger partial charge in [0.2, 0.25) is 0 Å². The first-order chi connectivity index (χ1) is 8.09. The van der Waals surface area contributed by atoms with Gasteiger partial charge in [-0.3, -0.25) is 0 Å².